The number of terminal acetylenes is 1. The van der Waals surface area contributed by atoms with Crippen molar-refractivity contribution in [2.45, 2.75) is 112 Å². The first-order valence-electron chi connectivity index (χ1n) is 14.7. The quantitative estimate of drug-likeness (QED) is 0.319. The fourth-order valence-electron chi connectivity index (χ4n) is 12.2. The van der Waals surface area contributed by atoms with E-state index in [2.05, 4.69) is 54.0 Å². The smallest absolute Gasteiger partial charge is 0.309 e. The molecule has 0 spiro atoms. The summed E-state index contributed by atoms with van der Waals surface area (Å²) in [4.78, 5) is 12.8. The molecule has 5 saturated carbocycles. The van der Waals surface area contributed by atoms with Gasteiger partial charge in [0.15, 0.2) is 0 Å². The second-order valence-corrected chi connectivity index (χ2v) is 15.3. The van der Waals surface area contributed by atoms with Crippen LogP contribution in [0.3, 0.4) is 0 Å². The van der Waals surface area contributed by atoms with Crippen LogP contribution in [0.2, 0.25) is 0 Å². The molecule has 0 amide bonds. The van der Waals surface area contributed by atoms with E-state index in [1.54, 1.807) is 0 Å². The molecule has 0 bridgehead atoms. The zero-order valence-corrected chi connectivity index (χ0v) is 23.7. The fraction of sp³-hybridized carbons (Fsp3) is 0.848. The van der Waals surface area contributed by atoms with Gasteiger partial charge in [-0.1, -0.05) is 46.8 Å². The lowest BCUT2D eigenvalue weighted by Crippen LogP contribution is -2.68. The summed E-state index contributed by atoms with van der Waals surface area (Å²) in [6, 6.07) is 0. The number of carboxylic acids is 1. The van der Waals surface area contributed by atoms with Crippen LogP contribution in [0.4, 0.5) is 0 Å². The molecule has 0 heterocycles. The van der Waals surface area contributed by atoms with Crippen molar-refractivity contribution in [1.82, 2.24) is 0 Å². The summed E-state index contributed by atoms with van der Waals surface area (Å²) in [6.45, 7) is 18.7. The molecule has 0 radical (unpaired) electrons. The zero-order valence-electron chi connectivity index (χ0n) is 23.7. The van der Waals surface area contributed by atoms with Crippen LogP contribution in [0, 0.1) is 74.9 Å². The van der Waals surface area contributed by atoms with Gasteiger partial charge in [0.1, 0.15) is 0 Å². The highest BCUT2D eigenvalue weighted by molar-refractivity contribution is 5.76. The predicted molar refractivity (Wildman–Crippen MR) is 145 cm³/mol. The number of hydrogen-bond acceptors (Lipinski definition) is 2. The number of fused-ring (bicyclic) bond motifs is 7. The van der Waals surface area contributed by atoms with E-state index in [-0.39, 0.29) is 39.6 Å². The molecule has 0 saturated heterocycles. The van der Waals surface area contributed by atoms with Crippen molar-refractivity contribution in [2.24, 2.45) is 62.6 Å². The van der Waals surface area contributed by atoms with Gasteiger partial charge in [-0.15, -0.1) is 12.3 Å². The Morgan fingerprint density at radius 1 is 0.972 bits per heavy atom. The van der Waals surface area contributed by atoms with Crippen LogP contribution >= 0.6 is 0 Å². The second-order valence-electron chi connectivity index (χ2n) is 15.3. The summed E-state index contributed by atoms with van der Waals surface area (Å²) in [7, 11) is 0. The third kappa shape index (κ3) is 3.06. The summed E-state index contributed by atoms with van der Waals surface area (Å²) < 4.78 is 0. The maximum absolute atomic E-state index is 12.8. The Morgan fingerprint density at radius 2 is 1.67 bits per heavy atom. The molecule has 200 valence electrons. The summed E-state index contributed by atoms with van der Waals surface area (Å²) in [6.07, 6.45) is 15.4. The molecule has 0 unspecified atom stereocenters. The Bertz CT molecular complexity index is 989. The van der Waals surface area contributed by atoms with Crippen molar-refractivity contribution in [3.05, 3.63) is 12.2 Å². The first-order valence-corrected chi connectivity index (χ1v) is 14.7. The first kappa shape index (κ1) is 26.3. The van der Waals surface area contributed by atoms with Gasteiger partial charge < -0.3 is 10.2 Å². The molecule has 36 heavy (non-hydrogen) atoms. The predicted octanol–water partition coefficient (Wildman–Crippen LogP) is 7.34. The molecule has 5 rings (SSSR count). The third-order valence-electron chi connectivity index (χ3n) is 13.9. The molecule has 3 heteroatoms. The van der Waals surface area contributed by atoms with Crippen LogP contribution in [0.5, 0.6) is 0 Å². The van der Waals surface area contributed by atoms with E-state index >= 15 is 0 Å². The average molecular weight is 495 g/mol. The van der Waals surface area contributed by atoms with Crippen molar-refractivity contribution in [2.75, 3.05) is 0 Å². The largest absolute Gasteiger partial charge is 0.481 e. The van der Waals surface area contributed by atoms with Crippen molar-refractivity contribution in [1.29, 1.82) is 0 Å². The van der Waals surface area contributed by atoms with Crippen molar-refractivity contribution >= 4 is 5.97 Å². The summed E-state index contributed by atoms with van der Waals surface area (Å²) in [5.74, 6) is 4.55. The van der Waals surface area contributed by atoms with Crippen LogP contribution in [0.25, 0.3) is 0 Å². The lowest BCUT2D eigenvalue weighted by molar-refractivity contribution is -0.256. The SMILES string of the molecule is C#CC[C@@H]1C[C@]2(C)[C@H]3CC[C@@H]4[C@H]5[C@H](C(=C)C)CC[C@]5(C(=O)O)CC[C@@]4(C)[C@]3(C)CC[C@H]2C(C)(C)[C@H]1O. The van der Waals surface area contributed by atoms with Crippen molar-refractivity contribution < 1.29 is 15.0 Å². The Morgan fingerprint density at radius 3 is 2.28 bits per heavy atom. The number of carboxylic acid groups (broad SMARTS) is 1. The molecule has 0 aromatic heterocycles. The average Bonchev–Trinajstić information content (AvgIpc) is 3.19. The number of aliphatic hydroxyl groups excluding tert-OH is 1. The minimum atomic E-state index is -0.563. The van der Waals surface area contributed by atoms with Crippen molar-refractivity contribution in [3.8, 4) is 12.3 Å². The van der Waals surface area contributed by atoms with Crippen LogP contribution in [0.1, 0.15) is 106 Å². The van der Waals surface area contributed by atoms with Gasteiger partial charge in [0, 0.05) is 6.42 Å². The van der Waals surface area contributed by atoms with Crippen LogP contribution in [-0.2, 0) is 4.79 Å². The summed E-state index contributed by atoms with van der Waals surface area (Å²) in [5.41, 5.74) is 0.939. The monoisotopic (exact) mass is 494 g/mol. The number of rotatable bonds is 3. The Kier molecular flexibility index (Phi) is 5.94. The van der Waals surface area contributed by atoms with Gasteiger partial charge in [-0.3, -0.25) is 4.79 Å². The van der Waals surface area contributed by atoms with Gasteiger partial charge in [0.25, 0.3) is 0 Å². The molecule has 0 aliphatic heterocycles. The van der Waals surface area contributed by atoms with Crippen molar-refractivity contribution in [3.63, 3.8) is 0 Å². The molecule has 0 aromatic rings. The minimum absolute atomic E-state index is 0.132. The molecular weight excluding hydrogens is 444 g/mol. The number of carbonyl (C=O) groups is 1. The van der Waals surface area contributed by atoms with E-state index in [4.69, 9.17) is 6.42 Å². The highest BCUT2D eigenvalue weighted by atomic mass is 16.4. The third-order valence-corrected chi connectivity index (χ3v) is 13.9. The van der Waals surface area contributed by atoms with E-state index < -0.39 is 11.4 Å². The maximum Gasteiger partial charge on any atom is 0.309 e. The minimum Gasteiger partial charge on any atom is -0.481 e. The molecule has 2 N–H and O–H groups in total. The first-order chi connectivity index (χ1) is 16.7. The molecule has 3 nitrogen and oxygen atoms in total. The molecular formula is C33H50O3. The molecule has 0 aromatic carbocycles. The molecule has 5 aliphatic carbocycles. The highest BCUT2D eigenvalue weighted by Gasteiger charge is 2.72. The van der Waals surface area contributed by atoms with E-state index in [0.29, 0.717) is 30.1 Å². The maximum atomic E-state index is 12.8. The molecule has 5 aliphatic rings. The standard InChI is InChI=1S/C33H50O3/c1-9-10-21-19-30(6)24(29(4,5)27(21)34)14-15-32(8)25(30)12-11-23-26-22(20(2)3)13-16-33(26,28(35)36)18-17-31(23,32)7/h1,21-27,34H,2,10-19H2,3-8H3,(H,35,36)/t21-,22+,23-,24+,25-,26-,27+,30+,31-,32-,33+/m1/s1. The van der Waals surface area contributed by atoms with Gasteiger partial charge in [0.05, 0.1) is 11.5 Å². The van der Waals surface area contributed by atoms with Crippen LogP contribution < -0.4 is 0 Å². The number of aliphatic hydroxyl groups is 1. The van der Waals surface area contributed by atoms with Crippen LogP contribution in [0.15, 0.2) is 12.2 Å². The van der Waals surface area contributed by atoms with E-state index in [1.807, 2.05) is 0 Å². The summed E-state index contributed by atoms with van der Waals surface area (Å²) >= 11 is 0. The number of aliphatic carboxylic acids is 1. The number of allylic oxidation sites excluding steroid dienone is 1. The zero-order chi connectivity index (χ0) is 26.5. The van der Waals surface area contributed by atoms with E-state index in [1.165, 1.54) is 18.4 Å². The lowest BCUT2D eigenvalue weighted by atomic mass is 9.31. The Balaban J connectivity index is 1.57. The summed E-state index contributed by atoms with van der Waals surface area (Å²) in [5, 5.41) is 21.9. The van der Waals surface area contributed by atoms with Gasteiger partial charge in [-0.05, 0) is 122 Å². The van der Waals surface area contributed by atoms with Gasteiger partial charge >= 0.3 is 5.97 Å². The van der Waals surface area contributed by atoms with Gasteiger partial charge in [-0.2, -0.15) is 0 Å². The highest BCUT2D eigenvalue weighted by Crippen LogP contribution is 2.77. The van der Waals surface area contributed by atoms with Crippen LogP contribution in [-0.4, -0.2) is 22.3 Å². The van der Waals surface area contributed by atoms with E-state index in [9.17, 15) is 15.0 Å². The second kappa shape index (κ2) is 8.11. The molecule has 11 atom stereocenters. The topological polar surface area (TPSA) is 57.5 Å². The normalized spacial score (nSPS) is 53.2. The van der Waals surface area contributed by atoms with Gasteiger partial charge in [-0.25, -0.2) is 0 Å². The van der Waals surface area contributed by atoms with E-state index in [0.717, 1.165) is 44.9 Å². The fourth-order valence-corrected chi connectivity index (χ4v) is 12.2. The van der Waals surface area contributed by atoms with Gasteiger partial charge in [0.2, 0.25) is 0 Å². The molecule has 5 fully saturated rings. The number of hydrogen-bond donors (Lipinski definition) is 2. The Labute approximate surface area is 219 Å². The Hall–Kier alpha value is -1.27. The lowest BCUT2D eigenvalue weighted by Gasteiger charge is -2.73.